The highest BCUT2D eigenvalue weighted by Gasteiger charge is 2.19. The van der Waals surface area contributed by atoms with Crippen LogP contribution in [0.25, 0.3) is 0 Å². The van der Waals surface area contributed by atoms with Crippen LogP contribution in [0.1, 0.15) is 38.4 Å². The molecule has 0 spiro atoms. The van der Waals surface area contributed by atoms with Crippen molar-refractivity contribution >= 4 is 23.0 Å². The molecule has 0 saturated carbocycles. The van der Waals surface area contributed by atoms with Gasteiger partial charge in [0.1, 0.15) is 10.8 Å². The van der Waals surface area contributed by atoms with Crippen LogP contribution in [0.15, 0.2) is 0 Å². The molecule has 0 radical (unpaired) electrons. The van der Waals surface area contributed by atoms with E-state index in [1.807, 2.05) is 14.0 Å². The van der Waals surface area contributed by atoms with Crippen molar-refractivity contribution < 1.29 is 0 Å². The summed E-state index contributed by atoms with van der Waals surface area (Å²) in [6.45, 7) is 9.43. The van der Waals surface area contributed by atoms with Crippen molar-refractivity contribution in [3.8, 4) is 0 Å². The number of hydrogen-bond acceptors (Lipinski definition) is 3. The Morgan fingerprint density at radius 1 is 1.53 bits per heavy atom. The highest BCUT2D eigenvalue weighted by atomic mass is 32.1. The van der Waals surface area contributed by atoms with Gasteiger partial charge in [-0.3, -0.25) is 4.68 Å². The molecule has 0 aliphatic carbocycles. The third-order valence-electron chi connectivity index (χ3n) is 3.16. The number of nitrogens with one attached hydrogen (secondary N) is 1. The summed E-state index contributed by atoms with van der Waals surface area (Å²) in [4.78, 5) is 0.396. The zero-order valence-corrected chi connectivity index (χ0v) is 12.1. The Morgan fingerprint density at radius 3 is 2.59 bits per heavy atom. The molecule has 1 aromatic heterocycles. The number of rotatable bonds is 5. The number of aryl methyl sites for hydroxylation is 2. The van der Waals surface area contributed by atoms with Gasteiger partial charge in [-0.25, -0.2) is 0 Å². The van der Waals surface area contributed by atoms with Gasteiger partial charge in [-0.1, -0.05) is 33.0 Å². The van der Waals surface area contributed by atoms with Gasteiger partial charge in [0.05, 0.1) is 11.3 Å². The van der Waals surface area contributed by atoms with Gasteiger partial charge in [-0.2, -0.15) is 5.10 Å². The highest BCUT2D eigenvalue weighted by Crippen LogP contribution is 2.23. The lowest BCUT2D eigenvalue weighted by Gasteiger charge is -2.23. The Morgan fingerprint density at radius 2 is 2.12 bits per heavy atom. The fourth-order valence-electron chi connectivity index (χ4n) is 1.60. The second-order valence-corrected chi connectivity index (χ2v) is 5.61. The Kier molecular flexibility index (Phi) is 4.14. The number of anilines is 1. The van der Waals surface area contributed by atoms with Gasteiger partial charge in [0.15, 0.2) is 0 Å². The van der Waals surface area contributed by atoms with Crippen molar-refractivity contribution in [2.75, 3.05) is 11.9 Å². The predicted molar refractivity (Wildman–Crippen MR) is 76.4 cm³/mol. The van der Waals surface area contributed by atoms with E-state index in [0.29, 0.717) is 4.99 Å². The maximum atomic E-state index is 5.74. The maximum absolute atomic E-state index is 5.74. The maximum Gasteiger partial charge on any atom is 0.134 e. The van der Waals surface area contributed by atoms with E-state index in [4.69, 9.17) is 18.0 Å². The summed E-state index contributed by atoms with van der Waals surface area (Å²) in [6, 6.07) is 0. The SMILES string of the molecule is CCC(C)(C)CNc1c(C(N)=S)c(C)nn1C. The number of nitrogens with two attached hydrogens (primary N) is 1. The van der Waals surface area contributed by atoms with E-state index >= 15 is 0 Å². The summed E-state index contributed by atoms with van der Waals surface area (Å²) < 4.78 is 1.80. The molecule has 1 rings (SSSR count). The molecular weight excluding hydrogens is 232 g/mol. The molecule has 0 amide bonds. The van der Waals surface area contributed by atoms with E-state index < -0.39 is 0 Å². The van der Waals surface area contributed by atoms with Crippen LogP contribution in [0.5, 0.6) is 0 Å². The zero-order chi connectivity index (χ0) is 13.2. The molecule has 0 aromatic carbocycles. The number of nitrogens with zero attached hydrogens (tertiary/aromatic N) is 2. The average Bonchev–Trinajstić information content (AvgIpc) is 2.50. The van der Waals surface area contributed by atoms with Crippen LogP contribution in [0.3, 0.4) is 0 Å². The third-order valence-corrected chi connectivity index (χ3v) is 3.36. The normalized spacial score (nSPS) is 11.6. The van der Waals surface area contributed by atoms with Gasteiger partial charge < -0.3 is 11.1 Å². The van der Waals surface area contributed by atoms with Gasteiger partial charge in [0.25, 0.3) is 0 Å². The minimum Gasteiger partial charge on any atom is -0.389 e. The lowest BCUT2D eigenvalue weighted by atomic mass is 9.90. The van der Waals surface area contributed by atoms with Crippen LogP contribution in [0.4, 0.5) is 5.82 Å². The molecular formula is C12H22N4S. The molecule has 17 heavy (non-hydrogen) atoms. The van der Waals surface area contributed by atoms with Gasteiger partial charge in [-0.15, -0.1) is 0 Å². The van der Waals surface area contributed by atoms with Crippen molar-refractivity contribution in [1.82, 2.24) is 9.78 Å². The highest BCUT2D eigenvalue weighted by molar-refractivity contribution is 7.80. The lowest BCUT2D eigenvalue weighted by molar-refractivity contribution is 0.376. The average molecular weight is 254 g/mol. The lowest BCUT2D eigenvalue weighted by Crippen LogP contribution is -2.24. The first kappa shape index (κ1) is 14.0. The van der Waals surface area contributed by atoms with E-state index in [-0.39, 0.29) is 5.41 Å². The van der Waals surface area contributed by atoms with Crippen LogP contribution < -0.4 is 11.1 Å². The summed E-state index contributed by atoms with van der Waals surface area (Å²) in [5.41, 5.74) is 7.71. The van der Waals surface area contributed by atoms with Crippen LogP contribution in [-0.4, -0.2) is 21.3 Å². The predicted octanol–water partition coefficient (Wildman–Crippen LogP) is 2.21. The molecule has 96 valence electrons. The quantitative estimate of drug-likeness (QED) is 0.791. The topological polar surface area (TPSA) is 55.9 Å². The van der Waals surface area contributed by atoms with Crippen LogP contribution in [0, 0.1) is 12.3 Å². The Bertz CT molecular complexity index is 420. The van der Waals surface area contributed by atoms with Gasteiger partial charge in [0.2, 0.25) is 0 Å². The van der Waals surface area contributed by atoms with E-state index in [2.05, 4.69) is 31.2 Å². The number of hydrogen-bond donors (Lipinski definition) is 2. The summed E-state index contributed by atoms with van der Waals surface area (Å²) in [7, 11) is 1.90. The first-order valence-electron chi connectivity index (χ1n) is 5.85. The molecule has 0 aliphatic rings. The van der Waals surface area contributed by atoms with Crippen LogP contribution >= 0.6 is 12.2 Å². The largest absolute Gasteiger partial charge is 0.389 e. The van der Waals surface area contributed by atoms with E-state index in [1.165, 1.54) is 0 Å². The Hall–Kier alpha value is -1.10. The molecule has 1 heterocycles. The molecule has 4 nitrogen and oxygen atoms in total. The molecule has 0 bridgehead atoms. The van der Waals surface area contributed by atoms with Crippen molar-refractivity contribution in [3.05, 3.63) is 11.3 Å². The van der Waals surface area contributed by atoms with Gasteiger partial charge in [-0.05, 0) is 18.8 Å². The van der Waals surface area contributed by atoms with E-state index in [1.54, 1.807) is 4.68 Å². The van der Waals surface area contributed by atoms with Gasteiger partial charge in [0, 0.05) is 13.6 Å². The summed E-state index contributed by atoms with van der Waals surface area (Å²) >= 11 is 5.07. The number of thiocarbonyl (C=S) groups is 1. The van der Waals surface area contributed by atoms with Crippen molar-refractivity contribution in [3.63, 3.8) is 0 Å². The standard InChI is InChI=1S/C12H22N4S/c1-6-12(3,4)7-14-11-9(10(13)17)8(2)15-16(11)5/h14H,6-7H2,1-5H3,(H2,13,17). The summed E-state index contributed by atoms with van der Waals surface area (Å²) in [5, 5.41) is 7.75. The third kappa shape index (κ3) is 3.19. The monoisotopic (exact) mass is 254 g/mol. The summed E-state index contributed by atoms with van der Waals surface area (Å²) in [6.07, 6.45) is 1.11. The fraction of sp³-hybridized carbons (Fsp3) is 0.667. The molecule has 3 N–H and O–H groups in total. The second kappa shape index (κ2) is 5.04. The summed E-state index contributed by atoms with van der Waals surface area (Å²) in [5.74, 6) is 0.913. The van der Waals surface area contributed by atoms with Crippen molar-refractivity contribution in [1.29, 1.82) is 0 Å². The van der Waals surface area contributed by atoms with Crippen LogP contribution in [-0.2, 0) is 7.05 Å². The fourth-order valence-corrected chi connectivity index (χ4v) is 1.85. The van der Waals surface area contributed by atoms with Gasteiger partial charge >= 0.3 is 0 Å². The van der Waals surface area contributed by atoms with Crippen LogP contribution in [0.2, 0.25) is 0 Å². The molecule has 0 atom stereocenters. The first-order valence-corrected chi connectivity index (χ1v) is 6.26. The zero-order valence-electron chi connectivity index (χ0n) is 11.3. The minimum atomic E-state index is 0.242. The Balaban J connectivity index is 2.95. The molecule has 0 fully saturated rings. The first-order chi connectivity index (χ1) is 7.78. The second-order valence-electron chi connectivity index (χ2n) is 5.17. The smallest absolute Gasteiger partial charge is 0.134 e. The molecule has 5 heteroatoms. The van der Waals surface area contributed by atoms with E-state index in [0.717, 1.165) is 30.0 Å². The van der Waals surface area contributed by atoms with Crippen molar-refractivity contribution in [2.45, 2.75) is 34.1 Å². The van der Waals surface area contributed by atoms with E-state index in [9.17, 15) is 0 Å². The molecule has 0 aliphatic heterocycles. The molecule has 1 aromatic rings. The molecule has 0 saturated heterocycles. The molecule has 0 unspecified atom stereocenters. The van der Waals surface area contributed by atoms with Crippen molar-refractivity contribution in [2.24, 2.45) is 18.2 Å². The Labute approximate surface area is 109 Å². The number of aromatic nitrogens is 2. The minimum absolute atomic E-state index is 0.242.